The van der Waals surface area contributed by atoms with Gasteiger partial charge in [0.1, 0.15) is 5.60 Å². The molecule has 0 bridgehead atoms. The summed E-state index contributed by atoms with van der Waals surface area (Å²) in [5.41, 5.74) is 5.49. The average molecular weight is 374 g/mol. The first-order valence-corrected chi connectivity index (χ1v) is 9.53. The smallest absolute Gasteiger partial charge is 0.118 e. The molecule has 4 heteroatoms. The summed E-state index contributed by atoms with van der Waals surface area (Å²) in [6, 6.07) is 25.0. The third-order valence-electron chi connectivity index (χ3n) is 5.58. The van der Waals surface area contributed by atoms with E-state index in [9.17, 15) is 5.11 Å². The van der Waals surface area contributed by atoms with Crippen LogP contribution in [0.25, 0.3) is 27.5 Å². The lowest BCUT2D eigenvalue weighted by molar-refractivity contribution is -0.130. The molecule has 0 spiro atoms. The second-order valence-corrected chi connectivity index (χ2v) is 8.19. The van der Waals surface area contributed by atoms with Gasteiger partial charge in [0.05, 0.1) is 22.3 Å². The Labute approximate surface area is 165 Å². The number of hydrogen-bond donors (Lipinski definition) is 2. The van der Waals surface area contributed by atoms with Gasteiger partial charge in [0.2, 0.25) is 0 Å². The summed E-state index contributed by atoms with van der Waals surface area (Å²) < 4.78 is 2.26. The Morgan fingerprint density at radius 3 is 1.93 bits per heavy atom. The molecular formula is C24H26N2O2. The van der Waals surface area contributed by atoms with Crippen LogP contribution < -0.4 is 5.48 Å². The summed E-state index contributed by atoms with van der Waals surface area (Å²) in [6.45, 7) is 7.19. The molecule has 0 aliphatic heterocycles. The minimum atomic E-state index is -0.982. The lowest BCUT2D eigenvalue weighted by Gasteiger charge is -2.36. The van der Waals surface area contributed by atoms with Crippen LogP contribution in [0.4, 0.5) is 5.69 Å². The van der Waals surface area contributed by atoms with E-state index in [4.69, 9.17) is 4.84 Å². The van der Waals surface area contributed by atoms with Gasteiger partial charge in [-0.3, -0.25) is 10.3 Å². The fourth-order valence-corrected chi connectivity index (χ4v) is 3.22. The van der Waals surface area contributed by atoms with Crippen molar-refractivity contribution in [2.24, 2.45) is 0 Å². The summed E-state index contributed by atoms with van der Waals surface area (Å²) in [7, 11) is 0. The van der Waals surface area contributed by atoms with E-state index in [1.54, 1.807) is 13.8 Å². The van der Waals surface area contributed by atoms with Crippen molar-refractivity contribution in [2.75, 3.05) is 5.48 Å². The first kappa shape index (κ1) is 18.5. The van der Waals surface area contributed by atoms with Crippen LogP contribution in [0.1, 0.15) is 27.7 Å². The molecule has 0 aliphatic carbocycles. The van der Waals surface area contributed by atoms with E-state index in [0.29, 0.717) is 0 Å². The molecule has 0 saturated carbocycles. The number of fused-ring (bicyclic) bond motifs is 3. The van der Waals surface area contributed by atoms with E-state index in [1.165, 1.54) is 21.8 Å². The zero-order valence-corrected chi connectivity index (χ0v) is 16.7. The number of para-hydroxylation sites is 2. The van der Waals surface area contributed by atoms with Crippen molar-refractivity contribution in [3.05, 3.63) is 72.8 Å². The summed E-state index contributed by atoms with van der Waals surface area (Å²) in [4.78, 5) is 5.82. The van der Waals surface area contributed by atoms with Gasteiger partial charge in [-0.1, -0.05) is 42.5 Å². The van der Waals surface area contributed by atoms with Gasteiger partial charge in [-0.05, 0) is 58.0 Å². The first-order valence-electron chi connectivity index (χ1n) is 9.53. The normalized spacial score (nSPS) is 12.6. The fourth-order valence-electron chi connectivity index (χ4n) is 3.22. The van der Waals surface area contributed by atoms with E-state index < -0.39 is 11.2 Å². The molecule has 1 aromatic heterocycles. The van der Waals surface area contributed by atoms with Gasteiger partial charge in [-0.2, -0.15) is 0 Å². The number of aromatic nitrogens is 1. The van der Waals surface area contributed by atoms with Gasteiger partial charge < -0.3 is 9.67 Å². The predicted octanol–water partition coefficient (Wildman–Crippen LogP) is 5.68. The molecule has 0 saturated heterocycles. The Hall–Kier alpha value is -2.82. The number of benzene rings is 3. The summed E-state index contributed by atoms with van der Waals surface area (Å²) in [5, 5.41) is 12.8. The molecule has 2 N–H and O–H groups in total. The Morgan fingerprint density at radius 2 is 1.36 bits per heavy atom. The monoisotopic (exact) mass is 374 g/mol. The molecule has 0 radical (unpaired) electrons. The second-order valence-electron chi connectivity index (χ2n) is 8.19. The summed E-state index contributed by atoms with van der Waals surface area (Å²) >= 11 is 0. The van der Waals surface area contributed by atoms with E-state index in [0.717, 1.165) is 11.4 Å². The maximum atomic E-state index is 10.3. The van der Waals surface area contributed by atoms with Crippen molar-refractivity contribution in [1.29, 1.82) is 0 Å². The van der Waals surface area contributed by atoms with Crippen LogP contribution in [0.2, 0.25) is 0 Å². The number of aliphatic hydroxyl groups is 1. The van der Waals surface area contributed by atoms with Gasteiger partial charge in [0.25, 0.3) is 0 Å². The third kappa shape index (κ3) is 3.15. The van der Waals surface area contributed by atoms with Crippen molar-refractivity contribution < 1.29 is 9.94 Å². The van der Waals surface area contributed by atoms with Crippen LogP contribution in [0.15, 0.2) is 72.8 Å². The zero-order valence-electron chi connectivity index (χ0n) is 16.7. The Balaban J connectivity index is 1.76. The molecule has 4 rings (SSSR count). The van der Waals surface area contributed by atoms with E-state index in [-0.39, 0.29) is 0 Å². The topological polar surface area (TPSA) is 46.4 Å². The minimum Gasteiger partial charge on any atom is -0.387 e. The SMILES string of the molecule is CC(C)(O)C(C)(C)ONc1cccc(-n2c3ccccc3c3ccccc32)c1. The van der Waals surface area contributed by atoms with Crippen molar-refractivity contribution in [2.45, 2.75) is 38.9 Å². The molecule has 1 heterocycles. The number of nitrogens with one attached hydrogen (secondary N) is 1. The average Bonchev–Trinajstić information content (AvgIpc) is 3.00. The van der Waals surface area contributed by atoms with Crippen LogP contribution in [0.3, 0.4) is 0 Å². The quantitative estimate of drug-likeness (QED) is 0.442. The van der Waals surface area contributed by atoms with Crippen LogP contribution in [-0.4, -0.2) is 20.9 Å². The molecular weight excluding hydrogens is 348 g/mol. The van der Waals surface area contributed by atoms with E-state index >= 15 is 0 Å². The number of rotatable bonds is 5. The summed E-state index contributed by atoms with van der Waals surface area (Å²) in [5.74, 6) is 0. The molecule has 144 valence electrons. The molecule has 4 aromatic rings. The fraction of sp³-hybridized carbons (Fsp3) is 0.250. The van der Waals surface area contributed by atoms with E-state index in [1.807, 2.05) is 26.0 Å². The lowest BCUT2D eigenvalue weighted by atomic mass is 9.90. The zero-order chi connectivity index (χ0) is 19.9. The Kier molecular flexibility index (Phi) is 4.41. The Morgan fingerprint density at radius 1 is 0.786 bits per heavy atom. The largest absolute Gasteiger partial charge is 0.387 e. The Bertz CT molecular complexity index is 1080. The highest BCUT2D eigenvalue weighted by Gasteiger charge is 2.37. The number of hydrogen-bond acceptors (Lipinski definition) is 3. The van der Waals surface area contributed by atoms with Gasteiger partial charge in [-0.15, -0.1) is 0 Å². The van der Waals surface area contributed by atoms with Crippen LogP contribution in [0.5, 0.6) is 0 Å². The van der Waals surface area contributed by atoms with Crippen molar-refractivity contribution in [3.63, 3.8) is 0 Å². The van der Waals surface area contributed by atoms with Gasteiger partial charge >= 0.3 is 0 Å². The van der Waals surface area contributed by atoms with Crippen LogP contribution in [-0.2, 0) is 4.84 Å². The maximum Gasteiger partial charge on any atom is 0.118 e. The number of nitrogens with zero attached hydrogens (tertiary/aromatic N) is 1. The third-order valence-corrected chi connectivity index (χ3v) is 5.58. The predicted molar refractivity (Wildman–Crippen MR) is 116 cm³/mol. The molecule has 0 atom stereocenters. The van der Waals surface area contributed by atoms with Crippen molar-refractivity contribution >= 4 is 27.5 Å². The number of anilines is 1. The highest BCUT2D eigenvalue weighted by Crippen LogP contribution is 2.32. The molecule has 0 fully saturated rings. The highest BCUT2D eigenvalue weighted by molar-refractivity contribution is 6.09. The van der Waals surface area contributed by atoms with Crippen LogP contribution in [0, 0.1) is 0 Å². The molecule has 4 nitrogen and oxygen atoms in total. The maximum absolute atomic E-state index is 10.3. The first-order chi connectivity index (χ1) is 13.3. The van der Waals surface area contributed by atoms with Gasteiger partial charge in [0.15, 0.2) is 0 Å². The lowest BCUT2D eigenvalue weighted by Crippen LogP contribution is -2.48. The van der Waals surface area contributed by atoms with Gasteiger partial charge in [-0.25, -0.2) is 0 Å². The molecule has 0 amide bonds. The van der Waals surface area contributed by atoms with Crippen molar-refractivity contribution in [1.82, 2.24) is 4.57 Å². The summed E-state index contributed by atoms with van der Waals surface area (Å²) in [6.07, 6.45) is 0. The molecule has 0 aliphatic rings. The van der Waals surface area contributed by atoms with E-state index in [2.05, 4.69) is 70.7 Å². The standard InChI is InChI=1S/C24H26N2O2/c1-23(2,27)24(3,4)28-25-17-10-9-11-18(16-17)26-21-14-7-5-12-19(21)20-13-6-8-15-22(20)26/h5-16,25,27H,1-4H3. The van der Waals surface area contributed by atoms with Gasteiger partial charge in [0, 0.05) is 16.5 Å². The minimum absolute atomic E-state index is 0.754. The van der Waals surface area contributed by atoms with Crippen LogP contribution >= 0.6 is 0 Å². The molecule has 28 heavy (non-hydrogen) atoms. The highest BCUT2D eigenvalue weighted by atomic mass is 16.7. The second kappa shape index (κ2) is 6.66. The van der Waals surface area contributed by atoms with Crippen molar-refractivity contribution in [3.8, 4) is 5.69 Å². The molecule has 0 unspecified atom stereocenters. The molecule has 3 aromatic carbocycles.